The van der Waals surface area contributed by atoms with Crippen molar-refractivity contribution in [2.24, 2.45) is 0 Å². The van der Waals surface area contributed by atoms with Crippen LogP contribution < -0.4 is 0 Å². The lowest BCUT2D eigenvalue weighted by Gasteiger charge is -1.84. The van der Waals surface area contributed by atoms with Gasteiger partial charge in [-0.2, -0.15) is 0 Å². The minimum Gasteiger partial charge on any atom is -0.345 e. The van der Waals surface area contributed by atoms with Crippen LogP contribution in [0.15, 0.2) is 23.6 Å². The molecule has 2 aromatic rings. The molecule has 0 radical (unpaired) electrons. The van der Waals surface area contributed by atoms with E-state index in [0.717, 1.165) is 15.9 Å². The van der Waals surface area contributed by atoms with Crippen molar-refractivity contribution >= 4 is 23.7 Å². The summed E-state index contributed by atoms with van der Waals surface area (Å²) >= 11 is 4.19. The number of rotatable bonds is 0. The fourth-order valence-corrected chi connectivity index (χ4v) is 1.07. The Hall–Kier alpha value is -1.03. The van der Waals surface area contributed by atoms with Gasteiger partial charge < -0.3 is 4.98 Å². The maximum absolute atomic E-state index is 4.19. The summed E-state index contributed by atoms with van der Waals surface area (Å²) in [5.74, 6) is 0. The van der Waals surface area contributed by atoms with Crippen molar-refractivity contribution in [1.82, 2.24) is 15.0 Å². The van der Waals surface area contributed by atoms with Crippen molar-refractivity contribution in [3.8, 4) is 0 Å². The number of nitrogens with zero attached hydrogens (tertiary/aromatic N) is 2. The third-order valence-electron chi connectivity index (χ3n) is 1.33. The molecule has 1 N–H and O–H groups in total. The first-order chi connectivity index (χ1) is 4.88. The van der Waals surface area contributed by atoms with Crippen LogP contribution in [-0.4, -0.2) is 15.0 Å². The number of hydrogen-bond acceptors (Lipinski definition) is 3. The summed E-state index contributed by atoms with van der Waals surface area (Å²) < 4.78 is 0. The van der Waals surface area contributed by atoms with Gasteiger partial charge in [0.05, 0.1) is 5.39 Å². The minimum absolute atomic E-state index is 0.833. The van der Waals surface area contributed by atoms with Crippen molar-refractivity contribution < 1.29 is 0 Å². The van der Waals surface area contributed by atoms with E-state index >= 15 is 0 Å². The normalized spacial score (nSPS) is 10.5. The Morgan fingerprint density at radius 2 is 2.40 bits per heavy atom. The number of aromatic nitrogens is 3. The second-order valence-corrected chi connectivity index (χ2v) is 2.44. The van der Waals surface area contributed by atoms with Crippen LogP contribution in [0.5, 0.6) is 0 Å². The first-order valence-electron chi connectivity index (χ1n) is 2.84. The molecule has 0 bridgehead atoms. The predicted octanol–water partition coefficient (Wildman–Crippen LogP) is 1.25. The molecule has 0 aliphatic heterocycles. The number of aromatic amines is 1. The average molecular weight is 151 g/mol. The quantitative estimate of drug-likeness (QED) is 0.556. The second kappa shape index (κ2) is 1.98. The molecular weight excluding hydrogens is 146 g/mol. The Morgan fingerprint density at radius 1 is 1.50 bits per heavy atom. The predicted molar refractivity (Wildman–Crippen MR) is 41.1 cm³/mol. The van der Waals surface area contributed by atoms with Gasteiger partial charge in [0, 0.05) is 17.3 Å². The number of nitrogens with one attached hydrogen (secondary N) is 1. The van der Waals surface area contributed by atoms with Crippen LogP contribution in [0.3, 0.4) is 0 Å². The molecule has 0 spiro atoms. The first kappa shape index (κ1) is 5.73. The largest absolute Gasteiger partial charge is 0.345 e. The lowest BCUT2D eigenvalue weighted by atomic mass is 10.4. The Morgan fingerprint density at radius 3 is 3.20 bits per heavy atom. The smallest absolute Gasteiger partial charge is 0.141 e. The molecule has 4 heteroatoms. The molecule has 2 heterocycles. The fraction of sp³-hybridized carbons (Fsp3) is 0. The number of fused-ring (bicyclic) bond motifs is 1. The molecule has 2 rings (SSSR count). The number of thiol groups is 1. The molecule has 0 atom stereocenters. The molecule has 0 aliphatic rings. The monoisotopic (exact) mass is 151 g/mol. The summed E-state index contributed by atoms with van der Waals surface area (Å²) in [4.78, 5) is 11.7. The second-order valence-electron chi connectivity index (χ2n) is 1.96. The molecule has 0 saturated carbocycles. The van der Waals surface area contributed by atoms with Gasteiger partial charge in [-0.3, -0.25) is 0 Å². The van der Waals surface area contributed by atoms with E-state index in [1.165, 1.54) is 6.33 Å². The van der Waals surface area contributed by atoms with E-state index < -0.39 is 0 Å². The average Bonchev–Trinajstić information content (AvgIpc) is 2.34. The van der Waals surface area contributed by atoms with Crippen molar-refractivity contribution in [2.75, 3.05) is 0 Å². The van der Waals surface area contributed by atoms with Gasteiger partial charge in [-0.1, -0.05) is 0 Å². The molecule has 10 heavy (non-hydrogen) atoms. The summed E-state index contributed by atoms with van der Waals surface area (Å²) in [6.45, 7) is 0. The first-order valence-corrected chi connectivity index (χ1v) is 3.29. The maximum Gasteiger partial charge on any atom is 0.141 e. The number of hydrogen-bond donors (Lipinski definition) is 2. The van der Waals surface area contributed by atoms with Gasteiger partial charge in [0.15, 0.2) is 0 Å². The van der Waals surface area contributed by atoms with Gasteiger partial charge in [0.25, 0.3) is 0 Å². The van der Waals surface area contributed by atoms with Gasteiger partial charge in [0.1, 0.15) is 12.0 Å². The van der Waals surface area contributed by atoms with Crippen LogP contribution >= 0.6 is 12.6 Å². The Balaban J connectivity index is 2.93. The Labute approximate surface area is 62.9 Å². The van der Waals surface area contributed by atoms with Crippen molar-refractivity contribution in [3.05, 3.63) is 18.7 Å². The molecule has 50 valence electrons. The highest BCUT2D eigenvalue weighted by Crippen LogP contribution is 2.16. The minimum atomic E-state index is 0.833. The Kier molecular flexibility index (Phi) is 1.14. The van der Waals surface area contributed by atoms with Gasteiger partial charge in [0.2, 0.25) is 0 Å². The van der Waals surface area contributed by atoms with Crippen LogP contribution in [0.2, 0.25) is 0 Å². The van der Waals surface area contributed by atoms with Crippen LogP contribution in [0.1, 0.15) is 0 Å². The zero-order chi connectivity index (χ0) is 6.97. The van der Waals surface area contributed by atoms with E-state index in [2.05, 4.69) is 27.6 Å². The van der Waals surface area contributed by atoms with Crippen molar-refractivity contribution in [2.45, 2.75) is 4.90 Å². The molecule has 0 aliphatic carbocycles. The third-order valence-corrected chi connectivity index (χ3v) is 1.70. The van der Waals surface area contributed by atoms with E-state index in [-0.39, 0.29) is 0 Å². The highest BCUT2D eigenvalue weighted by molar-refractivity contribution is 7.80. The van der Waals surface area contributed by atoms with Crippen molar-refractivity contribution in [1.29, 1.82) is 0 Å². The third kappa shape index (κ3) is 0.690. The van der Waals surface area contributed by atoms with Crippen LogP contribution in [0.25, 0.3) is 11.0 Å². The maximum atomic E-state index is 4.19. The van der Waals surface area contributed by atoms with Gasteiger partial charge >= 0.3 is 0 Å². The van der Waals surface area contributed by atoms with Crippen LogP contribution in [0.4, 0.5) is 0 Å². The zero-order valence-electron chi connectivity index (χ0n) is 5.07. The SMILES string of the molecule is Sc1c[nH]c2ncncc12. The Bertz CT molecular complexity index is 355. The summed E-state index contributed by atoms with van der Waals surface area (Å²) in [7, 11) is 0. The van der Waals surface area contributed by atoms with E-state index in [1.54, 1.807) is 12.4 Å². The molecule has 0 fully saturated rings. The van der Waals surface area contributed by atoms with Gasteiger partial charge in [-0.05, 0) is 0 Å². The summed E-state index contributed by atoms with van der Waals surface area (Å²) in [6, 6.07) is 0. The molecule has 0 saturated heterocycles. The van der Waals surface area contributed by atoms with Crippen molar-refractivity contribution in [3.63, 3.8) is 0 Å². The van der Waals surface area contributed by atoms with Crippen LogP contribution in [-0.2, 0) is 0 Å². The fourth-order valence-electron chi connectivity index (χ4n) is 0.847. The van der Waals surface area contributed by atoms with Gasteiger partial charge in [-0.25, -0.2) is 9.97 Å². The highest BCUT2D eigenvalue weighted by atomic mass is 32.1. The molecule has 2 aromatic heterocycles. The topological polar surface area (TPSA) is 41.6 Å². The van der Waals surface area contributed by atoms with E-state index in [9.17, 15) is 0 Å². The summed E-state index contributed by atoms with van der Waals surface area (Å²) in [6.07, 6.45) is 5.04. The molecule has 0 aromatic carbocycles. The lowest BCUT2D eigenvalue weighted by molar-refractivity contribution is 1.20. The molecule has 3 nitrogen and oxygen atoms in total. The lowest BCUT2D eigenvalue weighted by Crippen LogP contribution is -1.76. The van der Waals surface area contributed by atoms with E-state index in [0.29, 0.717) is 0 Å². The van der Waals surface area contributed by atoms with E-state index in [4.69, 9.17) is 0 Å². The van der Waals surface area contributed by atoms with E-state index in [1.807, 2.05) is 0 Å². The molecule has 0 amide bonds. The number of H-pyrrole nitrogens is 1. The summed E-state index contributed by atoms with van der Waals surface area (Å²) in [5, 5.41) is 0.964. The molecule has 0 unspecified atom stereocenters. The highest BCUT2D eigenvalue weighted by Gasteiger charge is 1.97. The van der Waals surface area contributed by atoms with Crippen LogP contribution in [0, 0.1) is 0 Å². The summed E-state index contributed by atoms with van der Waals surface area (Å²) in [5.41, 5.74) is 0.833. The standard InChI is InChI=1S/C6H5N3S/c10-5-2-8-6-4(5)1-7-3-9-6/h1-3,10H,(H,7,8,9). The van der Waals surface area contributed by atoms with Gasteiger partial charge in [-0.15, -0.1) is 12.6 Å². The zero-order valence-corrected chi connectivity index (χ0v) is 5.97. The molecular formula is C6H5N3S.